The van der Waals surface area contributed by atoms with Crippen LogP contribution >= 0.6 is 0 Å². The van der Waals surface area contributed by atoms with Crippen LogP contribution in [-0.4, -0.2) is 68.9 Å². The van der Waals surface area contributed by atoms with Gasteiger partial charge in [-0.15, -0.1) is 0 Å². The summed E-state index contributed by atoms with van der Waals surface area (Å²) in [4.78, 5) is 0. The Balaban J connectivity index is 2.70. The molecule has 0 bridgehead atoms. The van der Waals surface area contributed by atoms with E-state index in [2.05, 4.69) is 4.74 Å². The van der Waals surface area contributed by atoms with Gasteiger partial charge in [-0.1, -0.05) is 0 Å². The maximum Gasteiger partial charge on any atom is 0.113 e. The standard InChI is InChI=1S/C7H13O7/c8-1-2(9)6-4(11)3(10)5(12)7(13)14-6/h2-12H,1H2/q-1. The van der Waals surface area contributed by atoms with Gasteiger partial charge in [-0.05, 0) is 0 Å². The Bertz CT molecular complexity index is 187. The fraction of sp³-hybridized carbons (Fsp3) is 1.00. The Labute approximate surface area is 79.8 Å². The van der Waals surface area contributed by atoms with Gasteiger partial charge in [0, 0.05) is 6.29 Å². The van der Waals surface area contributed by atoms with Gasteiger partial charge in [0.25, 0.3) is 0 Å². The van der Waals surface area contributed by atoms with E-state index in [0.29, 0.717) is 0 Å². The Hall–Kier alpha value is -0.280. The third-order valence-corrected chi connectivity index (χ3v) is 2.17. The lowest BCUT2D eigenvalue weighted by atomic mass is 9.96. The lowest BCUT2D eigenvalue weighted by Gasteiger charge is -2.45. The first-order chi connectivity index (χ1) is 6.49. The van der Waals surface area contributed by atoms with Gasteiger partial charge in [0.2, 0.25) is 0 Å². The molecule has 7 heteroatoms. The number of rotatable bonds is 2. The molecule has 6 unspecified atom stereocenters. The van der Waals surface area contributed by atoms with Crippen molar-refractivity contribution in [2.75, 3.05) is 6.61 Å². The molecule has 1 rings (SSSR count). The summed E-state index contributed by atoms with van der Waals surface area (Å²) in [6.45, 7) is -0.711. The number of aliphatic hydroxyl groups is 5. The van der Waals surface area contributed by atoms with Crippen molar-refractivity contribution < 1.29 is 35.4 Å². The highest BCUT2D eigenvalue weighted by molar-refractivity contribution is 4.91. The molecule has 0 aromatic heterocycles. The Morgan fingerprint density at radius 1 is 1.14 bits per heavy atom. The molecule has 0 aliphatic carbocycles. The molecule has 1 heterocycles. The zero-order valence-electron chi connectivity index (χ0n) is 7.22. The minimum absolute atomic E-state index is 0.711. The van der Waals surface area contributed by atoms with Crippen LogP contribution in [0.25, 0.3) is 0 Å². The van der Waals surface area contributed by atoms with Crippen LogP contribution in [0.1, 0.15) is 0 Å². The van der Waals surface area contributed by atoms with Crippen LogP contribution in [-0.2, 0) is 4.74 Å². The molecule has 0 saturated carbocycles. The van der Waals surface area contributed by atoms with Crippen LogP contribution in [0.5, 0.6) is 0 Å². The third-order valence-electron chi connectivity index (χ3n) is 2.17. The van der Waals surface area contributed by atoms with Gasteiger partial charge in [0.05, 0.1) is 12.7 Å². The van der Waals surface area contributed by atoms with Crippen molar-refractivity contribution in [2.45, 2.75) is 36.8 Å². The number of ether oxygens (including phenoxy) is 1. The summed E-state index contributed by atoms with van der Waals surface area (Å²) in [7, 11) is 0. The highest BCUT2D eigenvalue weighted by atomic mass is 16.6. The van der Waals surface area contributed by atoms with Crippen LogP contribution in [0.15, 0.2) is 0 Å². The Morgan fingerprint density at radius 2 is 1.71 bits per heavy atom. The molecule has 84 valence electrons. The predicted molar refractivity (Wildman–Crippen MR) is 39.8 cm³/mol. The molecular formula is C7H13O7-. The first-order valence-corrected chi connectivity index (χ1v) is 4.13. The number of aliphatic hydroxyl groups excluding tert-OH is 5. The van der Waals surface area contributed by atoms with E-state index >= 15 is 0 Å². The first kappa shape index (κ1) is 11.8. The van der Waals surface area contributed by atoms with Gasteiger partial charge in [-0.2, -0.15) is 0 Å². The maximum absolute atomic E-state index is 10.9. The van der Waals surface area contributed by atoms with Crippen molar-refractivity contribution in [3.8, 4) is 0 Å². The lowest BCUT2D eigenvalue weighted by molar-refractivity contribution is -0.534. The summed E-state index contributed by atoms with van der Waals surface area (Å²) < 4.78 is 4.51. The average molecular weight is 209 g/mol. The van der Waals surface area contributed by atoms with E-state index in [1.807, 2.05) is 0 Å². The highest BCUT2D eigenvalue weighted by Gasteiger charge is 2.42. The largest absolute Gasteiger partial charge is 0.829 e. The molecule has 14 heavy (non-hydrogen) atoms. The van der Waals surface area contributed by atoms with Gasteiger partial charge < -0.3 is 35.4 Å². The van der Waals surface area contributed by atoms with Crippen LogP contribution in [0.4, 0.5) is 0 Å². The summed E-state index contributed by atoms with van der Waals surface area (Å²) >= 11 is 0. The van der Waals surface area contributed by atoms with Gasteiger partial charge in [0.1, 0.15) is 24.4 Å². The molecule has 0 amide bonds. The van der Waals surface area contributed by atoms with Gasteiger partial charge in [-0.25, -0.2) is 0 Å². The molecule has 1 saturated heterocycles. The predicted octanol–water partition coefficient (Wildman–Crippen LogP) is -4.49. The Kier molecular flexibility index (Phi) is 3.78. The monoisotopic (exact) mass is 209 g/mol. The van der Waals surface area contributed by atoms with Crippen molar-refractivity contribution in [3.05, 3.63) is 0 Å². The SMILES string of the molecule is [O-]C1OC(C(O)CO)C(O)C(O)C1O. The second-order valence-electron chi connectivity index (χ2n) is 3.19. The molecule has 0 aromatic carbocycles. The summed E-state index contributed by atoms with van der Waals surface area (Å²) in [5.41, 5.74) is 0. The Morgan fingerprint density at radius 3 is 2.21 bits per heavy atom. The van der Waals surface area contributed by atoms with Gasteiger partial charge in [-0.3, -0.25) is 0 Å². The van der Waals surface area contributed by atoms with Gasteiger partial charge in [0.15, 0.2) is 0 Å². The number of hydrogen-bond acceptors (Lipinski definition) is 7. The summed E-state index contributed by atoms with van der Waals surface area (Å²) in [5, 5.41) is 56.0. The molecule has 7 nitrogen and oxygen atoms in total. The zero-order chi connectivity index (χ0) is 10.9. The third kappa shape index (κ3) is 2.04. The van der Waals surface area contributed by atoms with E-state index in [0.717, 1.165) is 0 Å². The van der Waals surface area contributed by atoms with E-state index in [1.165, 1.54) is 0 Å². The average Bonchev–Trinajstić information content (AvgIpc) is 2.19. The first-order valence-electron chi connectivity index (χ1n) is 4.13. The molecule has 0 aromatic rings. The zero-order valence-corrected chi connectivity index (χ0v) is 7.22. The van der Waals surface area contributed by atoms with Crippen LogP contribution < -0.4 is 5.11 Å². The second-order valence-corrected chi connectivity index (χ2v) is 3.19. The smallest absolute Gasteiger partial charge is 0.113 e. The quantitative estimate of drug-likeness (QED) is 0.309. The topological polar surface area (TPSA) is 133 Å². The summed E-state index contributed by atoms with van der Waals surface area (Å²) in [6.07, 6.45) is -9.83. The fourth-order valence-corrected chi connectivity index (χ4v) is 1.30. The highest BCUT2D eigenvalue weighted by Crippen LogP contribution is 2.20. The van der Waals surface area contributed by atoms with Crippen LogP contribution in [0.3, 0.4) is 0 Å². The van der Waals surface area contributed by atoms with Crippen molar-refractivity contribution in [2.24, 2.45) is 0 Å². The minimum Gasteiger partial charge on any atom is -0.829 e. The van der Waals surface area contributed by atoms with E-state index in [1.54, 1.807) is 0 Å². The molecular weight excluding hydrogens is 196 g/mol. The fourth-order valence-electron chi connectivity index (χ4n) is 1.30. The summed E-state index contributed by atoms with van der Waals surface area (Å²) in [6, 6.07) is 0. The number of hydrogen-bond donors (Lipinski definition) is 5. The van der Waals surface area contributed by atoms with Crippen LogP contribution in [0, 0.1) is 0 Å². The summed E-state index contributed by atoms with van der Waals surface area (Å²) in [5.74, 6) is 0. The van der Waals surface area contributed by atoms with Gasteiger partial charge >= 0.3 is 0 Å². The molecule has 0 radical (unpaired) electrons. The molecule has 1 aliphatic heterocycles. The van der Waals surface area contributed by atoms with Crippen molar-refractivity contribution in [1.82, 2.24) is 0 Å². The van der Waals surface area contributed by atoms with E-state index in [-0.39, 0.29) is 0 Å². The van der Waals surface area contributed by atoms with E-state index in [9.17, 15) is 10.2 Å². The van der Waals surface area contributed by atoms with Crippen LogP contribution in [0.2, 0.25) is 0 Å². The van der Waals surface area contributed by atoms with E-state index in [4.69, 9.17) is 20.4 Å². The molecule has 6 atom stereocenters. The minimum atomic E-state index is -1.94. The second kappa shape index (κ2) is 4.49. The molecule has 1 fully saturated rings. The van der Waals surface area contributed by atoms with Crippen molar-refractivity contribution >= 4 is 0 Å². The molecule has 5 N–H and O–H groups in total. The molecule has 1 aliphatic rings. The van der Waals surface area contributed by atoms with E-state index < -0.39 is 43.4 Å². The normalized spacial score (nSPS) is 46.3. The maximum atomic E-state index is 10.9. The lowest BCUT2D eigenvalue weighted by Crippen LogP contribution is -2.64. The van der Waals surface area contributed by atoms with Crippen molar-refractivity contribution in [1.29, 1.82) is 0 Å². The van der Waals surface area contributed by atoms with Crippen molar-refractivity contribution in [3.63, 3.8) is 0 Å². The molecule has 0 spiro atoms.